The van der Waals surface area contributed by atoms with Crippen LogP contribution in [0.2, 0.25) is 0 Å². The molecule has 0 aliphatic rings. The maximum atomic E-state index is 5.68. The van der Waals surface area contributed by atoms with Gasteiger partial charge in [-0.25, -0.2) is 5.43 Å². The minimum atomic E-state index is -0.0211. The zero-order valence-corrected chi connectivity index (χ0v) is 11.8. The first-order chi connectivity index (χ1) is 8.26. The van der Waals surface area contributed by atoms with E-state index in [1.807, 2.05) is 16.8 Å². The number of rotatable bonds is 4. The topological polar surface area (TPSA) is 55.9 Å². The summed E-state index contributed by atoms with van der Waals surface area (Å²) in [7, 11) is 0. The van der Waals surface area contributed by atoms with E-state index in [0.717, 1.165) is 17.8 Å². The molecule has 0 aliphatic heterocycles. The predicted molar refractivity (Wildman–Crippen MR) is 76.2 cm³/mol. The van der Waals surface area contributed by atoms with Gasteiger partial charge in [-0.15, -0.1) is 0 Å². The minimum absolute atomic E-state index is 0.0211. The summed E-state index contributed by atoms with van der Waals surface area (Å²) in [5.41, 5.74) is 5.09. The van der Waals surface area contributed by atoms with Crippen molar-refractivity contribution in [3.8, 4) is 0 Å². The summed E-state index contributed by atoms with van der Waals surface area (Å²) in [6.45, 7) is 2.91. The third kappa shape index (κ3) is 2.67. The van der Waals surface area contributed by atoms with Crippen LogP contribution in [-0.2, 0) is 6.54 Å². The van der Waals surface area contributed by atoms with Crippen LogP contribution in [0.3, 0.4) is 0 Å². The Balaban J connectivity index is 2.40. The highest BCUT2D eigenvalue weighted by atomic mass is 127. The van der Waals surface area contributed by atoms with E-state index >= 15 is 0 Å². The third-order valence-electron chi connectivity index (χ3n) is 2.69. The van der Waals surface area contributed by atoms with Gasteiger partial charge in [-0.2, -0.15) is 5.10 Å². The summed E-state index contributed by atoms with van der Waals surface area (Å²) in [5.74, 6) is 5.68. The van der Waals surface area contributed by atoms with Crippen LogP contribution in [0.4, 0.5) is 0 Å². The first-order valence-corrected chi connectivity index (χ1v) is 6.57. The molecule has 2 rings (SSSR count). The van der Waals surface area contributed by atoms with Crippen molar-refractivity contribution in [2.75, 3.05) is 0 Å². The van der Waals surface area contributed by atoms with Gasteiger partial charge in [0, 0.05) is 16.3 Å². The molecule has 0 saturated heterocycles. The fraction of sp³-hybridized carbons (Fsp3) is 0.250. The quantitative estimate of drug-likeness (QED) is 0.508. The highest BCUT2D eigenvalue weighted by Gasteiger charge is 2.16. The molecule has 90 valence electrons. The van der Waals surface area contributed by atoms with E-state index in [2.05, 4.69) is 58.2 Å². The first-order valence-electron chi connectivity index (χ1n) is 5.49. The Bertz CT molecular complexity index is 495. The van der Waals surface area contributed by atoms with Crippen molar-refractivity contribution in [2.24, 2.45) is 5.84 Å². The van der Waals surface area contributed by atoms with Crippen molar-refractivity contribution in [3.63, 3.8) is 0 Å². The minimum Gasteiger partial charge on any atom is -0.271 e. The summed E-state index contributed by atoms with van der Waals surface area (Å²) in [6, 6.07) is 10.3. The average Bonchev–Trinajstić information content (AvgIpc) is 2.78. The molecule has 1 aromatic heterocycles. The maximum absolute atomic E-state index is 5.68. The molecule has 5 heteroatoms. The zero-order chi connectivity index (χ0) is 12.3. The lowest BCUT2D eigenvalue weighted by Crippen LogP contribution is -2.30. The fourth-order valence-corrected chi connectivity index (χ4v) is 2.46. The predicted octanol–water partition coefficient (Wildman–Crippen LogP) is 2.06. The molecule has 1 heterocycles. The Hall–Kier alpha value is -0.920. The second-order valence-corrected chi connectivity index (χ2v) is 4.97. The van der Waals surface area contributed by atoms with Crippen molar-refractivity contribution in [1.29, 1.82) is 0 Å². The van der Waals surface area contributed by atoms with Gasteiger partial charge in [0.25, 0.3) is 0 Å². The van der Waals surface area contributed by atoms with E-state index in [9.17, 15) is 0 Å². The molecular formula is C12H15IN4. The average molecular weight is 342 g/mol. The van der Waals surface area contributed by atoms with Gasteiger partial charge in [0.1, 0.15) is 0 Å². The van der Waals surface area contributed by atoms with Crippen LogP contribution in [0.5, 0.6) is 0 Å². The molecule has 0 aliphatic carbocycles. The molecule has 0 bridgehead atoms. The van der Waals surface area contributed by atoms with Crippen LogP contribution in [0.15, 0.2) is 36.5 Å². The van der Waals surface area contributed by atoms with Crippen LogP contribution in [-0.4, -0.2) is 9.78 Å². The normalized spacial score (nSPS) is 12.6. The number of nitrogens with two attached hydrogens (primary N) is 1. The van der Waals surface area contributed by atoms with Gasteiger partial charge in [0.2, 0.25) is 0 Å². The van der Waals surface area contributed by atoms with Crippen LogP contribution in [0, 0.1) is 3.57 Å². The summed E-state index contributed by atoms with van der Waals surface area (Å²) in [5, 5.41) is 4.27. The van der Waals surface area contributed by atoms with Gasteiger partial charge >= 0.3 is 0 Å². The molecule has 0 spiro atoms. The molecule has 1 unspecified atom stereocenters. The first kappa shape index (κ1) is 12.5. The fourth-order valence-electron chi connectivity index (χ4n) is 1.89. The van der Waals surface area contributed by atoms with E-state index in [1.165, 1.54) is 3.57 Å². The number of benzene rings is 1. The smallest absolute Gasteiger partial charge is 0.0878 e. The van der Waals surface area contributed by atoms with Crippen molar-refractivity contribution in [2.45, 2.75) is 19.5 Å². The molecule has 1 aromatic carbocycles. The Morgan fingerprint density at radius 3 is 2.94 bits per heavy atom. The number of nitrogens with one attached hydrogen (secondary N) is 1. The molecule has 0 fully saturated rings. The molecule has 0 saturated carbocycles. The van der Waals surface area contributed by atoms with Crippen LogP contribution >= 0.6 is 22.6 Å². The largest absolute Gasteiger partial charge is 0.271 e. The van der Waals surface area contributed by atoms with Crippen LogP contribution in [0.25, 0.3) is 0 Å². The van der Waals surface area contributed by atoms with Crippen molar-refractivity contribution in [1.82, 2.24) is 15.2 Å². The lowest BCUT2D eigenvalue weighted by Gasteiger charge is -2.17. The second-order valence-electron chi connectivity index (χ2n) is 3.73. The highest BCUT2D eigenvalue weighted by Crippen LogP contribution is 2.22. The molecule has 3 N–H and O–H groups in total. The van der Waals surface area contributed by atoms with Gasteiger partial charge in [-0.1, -0.05) is 12.1 Å². The lowest BCUT2D eigenvalue weighted by atomic mass is 10.0. The summed E-state index contributed by atoms with van der Waals surface area (Å²) in [6.07, 6.45) is 1.80. The number of hydrogen-bond donors (Lipinski definition) is 2. The molecule has 1 atom stereocenters. The zero-order valence-electron chi connectivity index (χ0n) is 9.60. The van der Waals surface area contributed by atoms with Crippen molar-refractivity contribution < 1.29 is 0 Å². The Morgan fingerprint density at radius 2 is 2.29 bits per heavy atom. The summed E-state index contributed by atoms with van der Waals surface area (Å²) in [4.78, 5) is 0. The summed E-state index contributed by atoms with van der Waals surface area (Å²) < 4.78 is 3.15. The second kappa shape index (κ2) is 5.61. The molecule has 0 radical (unpaired) electrons. The lowest BCUT2D eigenvalue weighted by molar-refractivity contribution is 0.543. The standard InChI is InChI=1S/C12H15IN4/c1-2-17-11(6-7-15-17)12(16-14)9-4-3-5-10(13)8-9/h3-8,12,16H,2,14H2,1H3. The van der Waals surface area contributed by atoms with Gasteiger partial charge < -0.3 is 0 Å². The van der Waals surface area contributed by atoms with Crippen LogP contribution < -0.4 is 11.3 Å². The molecule has 2 aromatic rings. The van der Waals surface area contributed by atoms with E-state index in [0.29, 0.717) is 0 Å². The molecule has 0 amide bonds. The van der Waals surface area contributed by atoms with Gasteiger partial charge in [0.05, 0.1) is 11.7 Å². The summed E-state index contributed by atoms with van der Waals surface area (Å²) >= 11 is 2.30. The number of aromatic nitrogens is 2. The number of hydrogen-bond acceptors (Lipinski definition) is 3. The Kier molecular flexibility index (Phi) is 4.14. The van der Waals surface area contributed by atoms with Crippen molar-refractivity contribution >= 4 is 22.6 Å². The van der Waals surface area contributed by atoms with Gasteiger partial charge in [-0.05, 0) is 53.3 Å². The number of nitrogens with zero attached hydrogens (tertiary/aromatic N) is 2. The maximum Gasteiger partial charge on any atom is 0.0878 e. The van der Waals surface area contributed by atoms with Gasteiger partial charge in [0.15, 0.2) is 0 Å². The number of aryl methyl sites for hydroxylation is 1. The third-order valence-corrected chi connectivity index (χ3v) is 3.36. The van der Waals surface area contributed by atoms with E-state index in [1.54, 1.807) is 6.20 Å². The van der Waals surface area contributed by atoms with E-state index in [-0.39, 0.29) is 6.04 Å². The highest BCUT2D eigenvalue weighted by molar-refractivity contribution is 14.1. The van der Waals surface area contributed by atoms with Crippen LogP contribution in [0.1, 0.15) is 24.2 Å². The van der Waals surface area contributed by atoms with Gasteiger partial charge in [-0.3, -0.25) is 10.5 Å². The monoisotopic (exact) mass is 342 g/mol. The van der Waals surface area contributed by atoms with Crippen molar-refractivity contribution in [3.05, 3.63) is 51.4 Å². The Morgan fingerprint density at radius 1 is 1.47 bits per heavy atom. The molecule has 17 heavy (non-hydrogen) atoms. The molecule has 4 nitrogen and oxygen atoms in total. The van der Waals surface area contributed by atoms with E-state index in [4.69, 9.17) is 5.84 Å². The number of halogens is 1. The van der Waals surface area contributed by atoms with E-state index < -0.39 is 0 Å². The number of hydrazine groups is 1. The molecular weight excluding hydrogens is 327 g/mol. The Labute approximate surface area is 114 Å². The SMILES string of the molecule is CCn1nccc1C(NN)c1cccc(I)c1.